The third kappa shape index (κ3) is 3.33. The quantitative estimate of drug-likeness (QED) is 0.884. The topological polar surface area (TPSA) is 59.3 Å². The summed E-state index contributed by atoms with van der Waals surface area (Å²) < 4.78 is 37.8. The van der Waals surface area contributed by atoms with Gasteiger partial charge in [-0.25, -0.2) is 0 Å². The predicted molar refractivity (Wildman–Crippen MR) is 52.5 cm³/mol. The highest BCUT2D eigenvalue weighted by Crippen LogP contribution is 2.28. The largest absolute Gasteiger partial charge is 0.481 e. The maximum atomic E-state index is 12.4. The Morgan fingerprint density at radius 1 is 1.47 bits per heavy atom. The van der Waals surface area contributed by atoms with E-state index in [1.165, 1.54) is 6.92 Å². The van der Waals surface area contributed by atoms with Crippen molar-refractivity contribution in [3.8, 4) is 0 Å². The van der Waals surface area contributed by atoms with Gasteiger partial charge in [-0.2, -0.15) is 13.2 Å². The van der Waals surface area contributed by atoms with Gasteiger partial charge in [-0.3, -0.25) is 9.59 Å². The second kappa shape index (κ2) is 4.60. The molecule has 1 heterocycles. The van der Waals surface area contributed by atoms with Gasteiger partial charge in [0.1, 0.15) is 0 Å². The summed E-state index contributed by atoms with van der Waals surface area (Å²) in [5.41, 5.74) is -1.64. The normalized spacial score (nSPS) is 13.4. The number of alkyl halides is 3. The Morgan fingerprint density at radius 3 is 2.53 bits per heavy atom. The third-order valence-electron chi connectivity index (χ3n) is 2.20. The van der Waals surface area contributed by atoms with Crippen LogP contribution in [0.25, 0.3) is 0 Å². The minimum atomic E-state index is -4.55. The Balaban J connectivity index is 3.08. The zero-order valence-electron chi connectivity index (χ0n) is 8.86. The molecule has 0 saturated carbocycles. The first-order chi connectivity index (χ1) is 7.71. The Bertz CT molecular complexity index is 478. The number of nitrogens with zero attached hydrogens (tertiary/aromatic N) is 1. The average Bonchev–Trinajstić information content (AvgIpc) is 2.19. The first-order valence-electron chi connectivity index (χ1n) is 4.72. The number of rotatable bonds is 3. The number of carboxylic acids is 1. The molecule has 1 rings (SSSR count). The number of halogens is 3. The minimum absolute atomic E-state index is 0.294. The first kappa shape index (κ1) is 13.3. The number of aromatic nitrogens is 1. The summed E-state index contributed by atoms with van der Waals surface area (Å²) in [6, 6.07) is 1.45. The fourth-order valence-corrected chi connectivity index (χ4v) is 1.21. The van der Waals surface area contributed by atoms with Crippen LogP contribution in [0.1, 0.15) is 12.5 Å². The molecule has 0 saturated heterocycles. The van der Waals surface area contributed by atoms with Gasteiger partial charge in [-0.15, -0.1) is 0 Å². The first-order valence-corrected chi connectivity index (χ1v) is 4.72. The minimum Gasteiger partial charge on any atom is -0.481 e. The number of hydrogen-bond acceptors (Lipinski definition) is 2. The second-order valence-electron chi connectivity index (χ2n) is 3.65. The molecule has 0 bridgehead atoms. The summed E-state index contributed by atoms with van der Waals surface area (Å²) in [6.45, 7) is 1.02. The van der Waals surface area contributed by atoms with E-state index < -0.39 is 29.2 Å². The van der Waals surface area contributed by atoms with Crippen LogP contribution in [-0.2, 0) is 17.5 Å². The lowest BCUT2D eigenvalue weighted by atomic mass is 10.2. The molecule has 1 aromatic rings. The molecule has 0 aliphatic rings. The molecule has 0 spiro atoms. The number of carbonyl (C=O) groups is 1. The van der Waals surface area contributed by atoms with Gasteiger partial charge >= 0.3 is 12.1 Å². The van der Waals surface area contributed by atoms with Crippen LogP contribution >= 0.6 is 0 Å². The maximum absolute atomic E-state index is 12.4. The Hall–Kier alpha value is -1.79. The Kier molecular flexibility index (Phi) is 3.59. The van der Waals surface area contributed by atoms with Crippen molar-refractivity contribution in [3.63, 3.8) is 0 Å². The molecule has 0 aliphatic carbocycles. The van der Waals surface area contributed by atoms with Crippen molar-refractivity contribution in [2.75, 3.05) is 0 Å². The lowest BCUT2D eigenvalue weighted by Gasteiger charge is -2.12. The highest BCUT2D eigenvalue weighted by molar-refractivity contribution is 5.69. The molecule has 0 aromatic carbocycles. The molecule has 1 unspecified atom stereocenters. The van der Waals surface area contributed by atoms with E-state index in [1.807, 2.05) is 0 Å². The summed E-state index contributed by atoms with van der Waals surface area (Å²) in [5.74, 6) is -2.11. The van der Waals surface area contributed by atoms with Crippen LogP contribution in [0.3, 0.4) is 0 Å². The fourth-order valence-electron chi connectivity index (χ4n) is 1.21. The standard InChI is InChI=1S/C10H10F3NO3/c1-6(9(16)17)4-14-5-7(10(11,12)13)2-3-8(14)15/h2-3,5-6H,4H2,1H3,(H,16,17). The lowest BCUT2D eigenvalue weighted by molar-refractivity contribution is -0.141. The van der Waals surface area contributed by atoms with Crippen molar-refractivity contribution in [1.82, 2.24) is 4.57 Å². The van der Waals surface area contributed by atoms with Gasteiger partial charge in [0.2, 0.25) is 0 Å². The average molecular weight is 249 g/mol. The van der Waals surface area contributed by atoms with Gasteiger partial charge < -0.3 is 9.67 Å². The van der Waals surface area contributed by atoms with Gasteiger partial charge in [0, 0.05) is 18.8 Å². The summed E-state index contributed by atoms with van der Waals surface area (Å²) in [6.07, 6.45) is -3.93. The molecule has 4 nitrogen and oxygen atoms in total. The van der Waals surface area contributed by atoms with Gasteiger partial charge in [0.15, 0.2) is 0 Å². The van der Waals surface area contributed by atoms with Crippen LogP contribution in [0.5, 0.6) is 0 Å². The molecule has 94 valence electrons. The molecule has 0 aliphatic heterocycles. The van der Waals surface area contributed by atoms with Crippen LogP contribution in [-0.4, -0.2) is 15.6 Å². The molecule has 1 N–H and O–H groups in total. The number of aliphatic carboxylic acids is 1. The highest BCUT2D eigenvalue weighted by atomic mass is 19.4. The van der Waals surface area contributed by atoms with E-state index in [4.69, 9.17) is 5.11 Å². The summed E-state index contributed by atoms with van der Waals surface area (Å²) in [4.78, 5) is 21.8. The van der Waals surface area contributed by atoms with Gasteiger partial charge in [0.25, 0.3) is 5.56 Å². The Morgan fingerprint density at radius 2 is 2.06 bits per heavy atom. The van der Waals surface area contributed by atoms with E-state index in [1.54, 1.807) is 0 Å². The lowest BCUT2D eigenvalue weighted by Crippen LogP contribution is -2.26. The SMILES string of the molecule is CC(Cn1cc(C(F)(F)F)ccc1=O)C(=O)O. The van der Waals surface area contributed by atoms with E-state index in [2.05, 4.69) is 0 Å². The van der Waals surface area contributed by atoms with Crippen molar-refractivity contribution in [1.29, 1.82) is 0 Å². The predicted octanol–water partition coefficient (Wildman–Crippen LogP) is 1.59. The maximum Gasteiger partial charge on any atom is 0.417 e. The van der Waals surface area contributed by atoms with E-state index in [9.17, 15) is 22.8 Å². The monoisotopic (exact) mass is 249 g/mol. The van der Waals surface area contributed by atoms with E-state index >= 15 is 0 Å². The molecule has 1 aromatic heterocycles. The van der Waals surface area contributed by atoms with Gasteiger partial charge in [-0.1, -0.05) is 6.92 Å². The number of carboxylic acid groups (broad SMARTS) is 1. The van der Waals surface area contributed by atoms with E-state index in [0.717, 1.165) is 10.6 Å². The van der Waals surface area contributed by atoms with Crippen LogP contribution in [0.4, 0.5) is 13.2 Å². The van der Waals surface area contributed by atoms with Crippen molar-refractivity contribution < 1.29 is 23.1 Å². The van der Waals surface area contributed by atoms with Gasteiger partial charge in [-0.05, 0) is 6.07 Å². The van der Waals surface area contributed by atoms with Crippen molar-refractivity contribution in [2.24, 2.45) is 5.92 Å². The summed E-state index contributed by atoms with van der Waals surface area (Å²) in [7, 11) is 0. The smallest absolute Gasteiger partial charge is 0.417 e. The molecule has 0 fully saturated rings. The molecule has 17 heavy (non-hydrogen) atoms. The van der Waals surface area contributed by atoms with E-state index in [0.29, 0.717) is 12.3 Å². The van der Waals surface area contributed by atoms with Gasteiger partial charge in [0.05, 0.1) is 11.5 Å². The van der Waals surface area contributed by atoms with Crippen LogP contribution in [0.15, 0.2) is 23.1 Å². The second-order valence-corrected chi connectivity index (χ2v) is 3.65. The fraction of sp³-hybridized carbons (Fsp3) is 0.400. The zero-order chi connectivity index (χ0) is 13.2. The van der Waals surface area contributed by atoms with Crippen LogP contribution < -0.4 is 5.56 Å². The van der Waals surface area contributed by atoms with Crippen molar-refractivity contribution in [2.45, 2.75) is 19.6 Å². The molecule has 0 radical (unpaired) electrons. The van der Waals surface area contributed by atoms with Crippen LogP contribution in [0, 0.1) is 5.92 Å². The van der Waals surface area contributed by atoms with Crippen molar-refractivity contribution >= 4 is 5.97 Å². The molecule has 7 heteroatoms. The molecule has 0 amide bonds. The van der Waals surface area contributed by atoms with E-state index in [-0.39, 0.29) is 6.54 Å². The number of hydrogen-bond donors (Lipinski definition) is 1. The number of pyridine rings is 1. The third-order valence-corrected chi connectivity index (χ3v) is 2.20. The summed E-state index contributed by atoms with van der Waals surface area (Å²) >= 11 is 0. The van der Waals surface area contributed by atoms with Crippen molar-refractivity contribution in [3.05, 3.63) is 34.2 Å². The molecular formula is C10H10F3NO3. The highest BCUT2D eigenvalue weighted by Gasteiger charge is 2.31. The Labute approximate surface area is 94.3 Å². The summed E-state index contributed by atoms with van der Waals surface area (Å²) in [5, 5.41) is 8.63. The molecular weight excluding hydrogens is 239 g/mol. The van der Waals surface area contributed by atoms with Crippen LogP contribution in [0.2, 0.25) is 0 Å². The molecule has 1 atom stereocenters. The zero-order valence-corrected chi connectivity index (χ0v) is 8.86.